The number of amides is 1. The molecule has 192 valence electrons. The van der Waals surface area contributed by atoms with Gasteiger partial charge < -0.3 is 14.6 Å². The zero-order chi connectivity index (χ0) is 26.4. The lowest BCUT2D eigenvalue weighted by Crippen LogP contribution is -2.50. The number of carbonyl (C=O) groups is 2. The second kappa shape index (κ2) is 11.6. The van der Waals surface area contributed by atoms with Crippen LogP contribution in [-0.4, -0.2) is 30.2 Å². The molecule has 0 aliphatic carbocycles. The molecule has 1 aliphatic rings. The van der Waals surface area contributed by atoms with E-state index in [0.717, 1.165) is 22.3 Å². The summed E-state index contributed by atoms with van der Waals surface area (Å²) in [5, 5.41) is 2.67. The molecule has 2 atom stereocenters. The SMILES string of the molecule is O=C1C[P@@](=O)(OC(c2ccccc2)c2ccccc2)C[C@@H](C(=O)OC(c2ccccc2)c2ccccc2)N1. The van der Waals surface area contributed by atoms with Gasteiger partial charge in [-0.3, -0.25) is 9.36 Å². The van der Waals surface area contributed by atoms with Gasteiger partial charge in [0.2, 0.25) is 13.3 Å². The molecule has 4 aromatic rings. The average molecular weight is 526 g/mol. The zero-order valence-electron chi connectivity index (χ0n) is 20.7. The number of benzene rings is 4. The Bertz CT molecular complexity index is 1340. The normalized spacial score (nSPS) is 19.2. The predicted molar refractivity (Wildman–Crippen MR) is 146 cm³/mol. The molecule has 0 unspecified atom stereocenters. The van der Waals surface area contributed by atoms with Crippen molar-refractivity contribution in [1.82, 2.24) is 5.32 Å². The van der Waals surface area contributed by atoms with Crippen molar-refractivity contribution in [3.05, 3.63) is 144 Å². The Hall–Kier alpha value is -3.99. The third-order valence-electron chi connectivity index (χ3n) is 6.41. The second-order valence-electron chi connectivity index (χ2n) is 9.22. The van der Waals surface area contributed by atoms with Crippen LogP contribution in [0.25, 0.3) is 0 Å². The number of carbonyl (C=O) groups excluding carboxylic acids is 2. The van der Waals surface area contributed by atoms with Crippen molar-refractivity contribution >= 4 is 19.2 Å². The third kappa shape index (κ3) is 6.10. The summed E-state index contributed by atoms with van der Waals surface area (Å²) in [6.45, 7) is 0. The third-order valence-corrected chi connectivity index (χ3v) is 8.69. The zero-order valence-corrected chi connectivity index (χ0v) is 21.6. The fourth-order valence-corrected chi connectivity index (χ4v) is 6.85. The Labute approximate surface area is 222 Å². The van der Waals surface area contributed by atoms with Crippen molar-refractivity contribution < 1.29 is 23.4 Å². The van der Waals surface area contributed by atoms with Gasteiger partial charge in [0.05, 0.1) is 6.16 Å². The quantitative estimate of drug-likeness (QED) is 0.229. The monoisotopic (exact) mass is 525 g/mol. The number of hydrogen-bond donors (Lipinski definition) is 1. The minimum atomic E-state index is -3.57. The van der Waals surface area contributed by atoms with Crippen molar-refractivity contribution in [1.29, 1.82) is 0 Å². The Morgan fingerprint density at radius 1 is 0.684 bits per heavy atom. The standard InChI is InChI=1S/C31H28NO5P/c33-28-22-38(35,37-30(25-17-9-3-10-18-25)26-19-11-4-12-20-26)21-27(32-28)31(34)36-29(23-13-5-1-6-14-23)24-15-7-2-8-16-24/h1-20,27,29-30H,21-22H2,(H,32,33)/t27-,38-/m0/s1. The Morgan fingerprint density at radius 2 is 1.08 bits per heavy atom. The number of esters is 1. The lowest BCUT2D eigenvalue weighted by Gasteiger charge is -2.32. The van der Waals surface area contributed by atoms with Crippen molar-refractivity contribution in [3.63, 3.8) is 0 Å². The predicted octanol–water partition coefficient (Wildman–Crippen LogP) is 5.90. The van der Waals surface area contributed by atoms with Crippen molar-refractivity contribution in [3.8, 4) is 0 Å². The first-order valence-corrected chi connectivity index (χ1v) is 14.5. The van der Waals surface area contributed by atoms with Crippen LogP contribution >= 0.6 is 7.37 Å². The molecule has 0 aromatic heterocycles. The van der Waals surface area contributed by atoms with Crippen LogP contribution < -0.4 is 5.32 Å². The first-order valence-electron chi connectivity index (χ1n) is 12.5. The van der Waals surface area contributed by atoms with E-state index in [1.54, 1.807) is 0 Å². The molecule has 0 spiro atoms. The fraction of sp³-hybridized carbons (Fsp3) is 0.161. The summed E-state index contributed by atoms with van der Waals surface area (Å²) in [6.07, 6.45) is -1.77. The van der Waals surface area contributed by atoms with Crippen LogP contribution in [0.15, 0.2) is 121 Å². The van der Waals surface area contributed by atoms with Crippen LogP contribution in [0.2, 0.25) is 0 Å². The molecule has 38 heavy (non-hydrogen) atoms. The highest BCUT2D eigenvalue weighted by Gasteiger charge is 2.43. The van der Waals surface area contributed by atoms with E-state index in [4.69, 9.17) is 9.26 Å². The Morgan fingerprint density at radius 3 is 1.50 bits per heavy atom. The summed E-state index contributed by atoms with van der Waals surface area (Å²) in [4.78, 5) is 26.1. The van der Waals surface area contributed by atoms with Crippen LogP contribution in [0, 0.1) is 0 Å². The van der Waals surface area contributed by atoms with Gasteiger partial charge >= 0.3 is 5.97 Å². The minimum absolute atomic E-state index is 0.149. The minimum Gasteiger partial charge on any atom is -0.451 e. The highest BCUT2D eigenvalue weighted by Crippen LogP contribution is 2.54. The molecule has 0 radical (unpaired) electrons. The van der Waals surface area contributed by atoms with Crippen LogP contribution in [0.3, 0.4) is 0 Å². The molecule has 0 saturated carbocycles. The number of ether oxygens (including phenoxy) is 1. The van der Waals surface area contributed by atoms with Crippen LogP contribution in [0.4, 0.5) is 0 Å². The van der Waals surface area contributed by atoms with Crippen molar-refractivity contribution in [2.24, 2.45) is 0 Å². The van der Waals surface area contributed by atoms with E-state index in [0.29, 0.717) is 0 Å². The average Bonchev–Trinajstić information content (AvgIpc) is 2.96. The molecule has 1 saturated heterocycles. The first kappa shape index (κ1) is 25.7. The summed E-state index contributed by atoms with van der Waals surface area (Å²) in [6, 6.07) is 36.6. The van der Waals surface area contributed by atoms with Gasteiger partial charge in [0.25, 0.3) is 0 Å². The van der Waals surface area contributed by atoms with Crippen molar-refractivity contribution in [2.75, 3.05) is 12.3 Å². The van der Waals surface area contributed by atoms with E-state index in [-0.39, 0.29) is 12.3 Å². The van der Waals surface area contributed by atoms with Crippen LogP contribution in [0.1, 0.15) is 34.5 Å². The molecule has 5 rings (SSSR count). The summed E-state index contributed by atoms with van der Waals surface area (Å²) in [5.74, 6) is -1.16. The molecule has 1 heterocycles. The molecule has 4 aromatic carbocycles. The van der Waals surface area contributed by atoms with Crippen molar-refractivity contribution in [2.45, 2.75) is 18.2 Å². The van der Waals surface area contributed by atoms with Gasteiger partial charge in [-0.2, -0.15) is 0 Å². The number of hydrogen-bond acceptors (Lipinski definition) is 5. The van der Waals surface area contributed by atoms with Gasteiger partial charge in [-0.25, -0.2) is 4.79 Å². The summed E-state index contributed by atoms with van der Waals surface area (Å²) in [7, 11) is -3.57. The van der Waals surface area contributed by atoms with Gasteiger partial charge in [-0.05, 0) is 22.3 Å². The van der Waals surface area contributed by atoms with Gasteiger partial charge in [0, 0.05) is 0 Å². The van der Waals surface area contributed by atoms with Gasteiger partial charge in [-0.15, -0.1) is 0 Å². The van der Waals surface area contributed by atoms with E-state index < -0.39 is 37.5 Å². The van der Waals surface area contributed by atoms with Gasteiger partial charge in [0.1, 0.15) is 18.3 Å². The van der Waals surface area contributed by atoms with E-state index in [2.05, 4.69) is 5.32 Å². The molecule has 7 heteroatoms. The largest absolute Gasteiger partial charge is 0.451 e. The lowest BCUT2D eigenvalue weighted by atomic mass is 10.0. The topological polar surface area (TPSA) is 81.7 Å². The maximum absolute atomic E-state index is 14.1. The molecule has 0 bridgehead atoms. The highest BCUT2D eigenvalue weighted by atomic mass is 31.2. The fourth-order valence-electron chi connectivity index (χ4n) is 4.61. The van der Waals surface area contributed by atoms with E-state index in [9.17, 15) is 14.2 Å². The molecule has 1 amide bonds. The summed E-state index contributed by atoms with van der Waals surface area (Å²) >= 11 is 0. The maximum Gasteiger partial charge on any atom is 0.330 e. The second-order valence-corrected chi connectivity index (χ2v) is 11.7. The number of rotatable bonds is 8. The highest BCUT2D eigenvalue weighted by molar-refractivity contribution is 7.60. The molecule has 6 nitrogen and oxygen atoms in total. The summed E-state index contributed by atoms with van der Waals surface area (Å²) < 4.78 is 26.3. The molecule has 1 N–H and O–H groups in total. The van der Waals surface area contributed by atoms with Crippen LogP contribution in [0.5, 0.6) is 0 Å². The molecule has 1 fully saturated rings. The smallest absolute Gasteiger partial charge is 0.330 e. The van der Waals surface area contributed by atoms with Gasteiger partial charge in [-0.1, -0.05) is 121 Å². The van der Waals surface area contributed by atoms with Crippen LogP contribution in [-0.2, 0) is 23.4 Å². The van der Waals surface area contributed by atoms with Gasteiger partial charge in [0.15, 0.2) is 6.10 Å². The van der Waals surface area contributed by atoms with E-state index in [1.165, 1.54) is 0 Å². The summed E-state index contributed by atoms with van der Waals surface area (Å²) in [5.41, 5.74) is 3.21. The Balaban J connectivity index is 1.39. The maximum atomic E-state index is 14.1. The molecular weight excluding hydrogens is 497 g/mol. The molecule has 1 aliphatic heterocycles. The van der Waals surface area contributed by atoms with E-state index >= 15 is 0 Å². The van der Waals surface area contributed by atoms with E-state index in [1.807, 2.05) is 121 Å². The Kier molecular flexibility index (Phi) is 7.83. The lowest BCUT2D eigenvalue weighted by molar-refractivity contribution is -0.151. The molecular formula is C31H28NO5P. The number of nitrogens with one attached hydrogen (secondary N) is 1. The first-order chi connectivity index (χ1) is 18.5.